The maximum atomic E-state index is 12.7. The third-order valence-electron chi connectivity index (χ3n) is 4.66. The van der Waals surface area contributed by atoms with Crippen LogP contribution in [0.1, 0.15) is 40.5 Å². The van der Waals surface area contributed by atoms with Gasteiger partial charge in [0.25, 0.3) is 11.8 Å². The first-order chi connectivity index (χ1) is 12.6. The average molecular weight is 352 g/mol. The largest absolute Gasteiger partial charge is 0.497 e. The van der Waals surface area contributed by atoms with Crippen LogP contribution in [0.3, 0.4) is 0 Å². The molecule has 0 aromatic heterocycles. The van der Waals surface area contributed by atoms with Crippen molar-refractivity contribution in [3.8, 4) is 5.75 Å². The highest BCUT2D eigenvalue weighted by atomic mass is 16.5. The molecule has 26 heavy (non-hydrogen) atoms. The summed E-state index contributed by atoms with van der Waals surface area (Å²) >= 11 is 0. The van der Waals surface area contributed by atoms with Crippen molar-refractivity contribution in [2.24, 2.45) is 5.92 Å². The van der Waals surface area contributed by atoms with Crippen molar-refractivity contribution in [1.29, 1.82) is 0 Å². The number of anilines is 1. The standard InChI is InChI=1S/C21H24N2O3/c1-15-5-4-12-23(14-15)21(25)17-7-3-6-16(13-17)20(24)22-18-8-10-19(26-2)11-9-18/h3,6-11,13,15H,4-5,12,14H2,1-2H3,(H,22,24). The molecule has 1 atom stereocenters. The third-order valence-corrected chi connectivity index (χ3v) is 4.66. The molecule has 1 fully saturated rings. The van der Waals surface area contributed by atoms with Gasteiger partial charge < -0.3 is 15.0 Å². The number of ether oxygens (including phenoxy) is 1. The van der Waals surface area contributed by atoms with Gasteiger partial charge in [-0.15, -0.1) is 0 Å². The fraction of sp³-hybridized carbons (Fsp3) is 0.333. The first kappa shape index (κ1) is 18.0. The summed E-state index contributed by atoms with van der Waals surface area (Å²) in [6, 6.07) is 14.0. The minimum absolute atomic E-state index is 0.00403. The molecule has 2 aromatic carbocycles. The second kappa shape index (κ2) is 8.04. The zero-order valence-electron chi connectivity index (χ0n) is 15.2. The Morgan fingerprint density at radius 1 is 1.12 bits per heavy atom. The molecule has 136 valence electrons. The zero-order valence-corrected chi connectivity index (χ0v) is 15.2. The van der Waals surface area contributed by atoms with Gasteiger partial charge in [-0.3, -0.25) is 9.59 Å². The molecule has 2 aromatic rings. The number of hydrogen-bond acceptors (Lipinski definition) is 3. The second-order valence-electron chi connectivity index (χ2n) is 6.76. The van der Waals surface area contributed by atoms with Gasteiger partial charge in [-0.05, 0) is 61.2 Å². The Balaban J connectivity index is 1.71. The molecule has 0 saturated carbocycles. The van der Waals surface area contributed by atoms with Crippen LogP contribution in [0.5, 0.6) is 5.75 Å². The number of piperidine rings is 1. The summed E-state index contributed by atoms with van der Waals surface area (Å²) in [6.45, 7) is 3.73. The molecule has 1 N–H and O–H groups in total. The normalized spacial score (nSPS) is 16.8. The van der Waals surface area contributed by atoms with Crippen LogP contribution < -0.4 is 10.1 Å². The van der Waals surface area contributed by atoms with Crippen LogP contribution in [0.4, 0.5) is 5.69 Å². The fourth-order valence-electron chi connectivity index (χ4n) is 3.23. The van der Waals surface area contributed by atoms with Gasteiger partial charge in [-0.1, -0.05) is 13.0 Å². The molecule has 0 bridgehead atoms. The maximum Gasteiger partial charge on any atom is 0.255 e. The van der Waals surface area contributed by atoms with E-state index in [1.54, 1.807) is 55.6 Å². The van der Waals surface area contributed by atoms with Crippen molar-refractivity contribution in [2.45, 2.75) is 19.8 Å². The summed E-state index contributed by atoms with van der Waals surface area (Å²) in [7, 11) is 1.60. The van der Waals surface area contributed by atoms with Gasteiger partial charge in [0.1, 0.15) is 5.75 Å². The molecule has 5 heteroatoms. The average Bonchev–Trinajstić information content (AvgIpc) is 2.68. The van der Waals surface area contributed by atoms with Crippen LogP contribution in [-0.2, 0) is 0 Å². The number of nitrogens with zero attached hydrogens (tertiary/aromatic N) is 1. The molecular formula is C21H24N2O3. The highest BCUT2D eigenvalue weighted by Crippen LogP contribution is 2.19. The van der Waals surface area contributed by atoms with Crippen molar-refractivity contribution in [2.75, 3.05) is 25.5 Å². The zero-order chi connectivity index (χ0) is 18.5. The molecule has 1 saturated heterocycles. The lowest BCUT2D eigenvalue weighted by atomic mass is 9.99. The summed E-state index contributed by atoms with van der Waals surface area (Å²) < 4.78 is 5.11. The number of carbonyl (C=O) groups is 2. The quantitative estimate of drug-likeness (QED) is 0.910. The third kappa shape index (κ3) is 4.23. The highest BCUT2D eigenvalue weighted by Gasteiger charge is 2.22. The summed E-state index contributed by atoms with van der Waals surface area (Å²) in [5.74, 6) is 1.01. The number of nitrogens with one attached hydrogen (secondary N) is 1. The monoisotopic (exact) mass is 352 g/mol. The number of rotatable bonds is 4. The maximum absolute atomic E-state index is 12.7. The lowest BCUT2D eigenvalue weighted by Crippen LogP contribution is -2.39. The predicted octanol–water partition coefficient (Wildman–Crippen LogP) is 3.82. The van der Waals surface area contributed by atoms with Crippen LogP contribution in [0, 0.1) is 5.92 Å². The van der Waals surface area contributed by atoms with Gasteiger partial charge in [0.2, 0.25) is 0 Å². The Morgan fingerprint density at radius 3 is 2.54 bits per heavy atom. The number of hydrogen-bond donors (Lipinski definition) is 1. The van der Waals surface area contributed by atoms with Crippen LogP contribution in [0.15, 0.2) is 48.5 Å². The lowest BCUT2D eigenvalue weighted by molar-refractivity contribution is 0.0683. The molecule has 5 nitrogen and oxygen atoms in total. The SMILES string of the molecule is COc1ccc(NC(=O)c2cccc(C(=O)N3CCCC(C)C3)c2)cc1. The molecule has 3 rings (SSSR count). The van der Waals surface area contributed by atoms with Crippen LogP contribution in [0.2, 0.25) is 0 Å². The predicted molar refractivity (Wildman–Crippen MR) is 102 cm³/mol. The van der Waals surface area contributed by atoms with Crippen LogP contribution >= 0.6 is 0 Å². The minimum atomic E-state index is -0.239. The van der Waals surface area contributed by atoms with Gasteiger partial charge >= 0.3 is 0 Å². The first-order valence-electron chi connectivity index (χ1n) is 8.91. The molecule has 1 aliphatic heterocycles. The molecular weight excluding hydrogens is 328 g/mol. The summed E-state index contributed by atoms with van der Waals surface area (Å²) in [4.78, 5) is 27.1. The van der Waals surface area contributed by atoms with E-state index in [1.165, 1.54) is 0 Å². The Labute approximate surface area is 154 Å². The van der Waals surface area contributed by atoms with E-state index in [4.69, 9.17) is 4.74 Å². The van der Waals surface area contributed by atoms with Crippen molar-refractivity contribution in [3.63, 3.8) is 0 Å². The van der Waals surface area contributed by atoms with E-state index in [1.807, 2.05) is 4.90 Å². The molecule has 2 amide bonds. The minimum Gasteiger partial charge on any atom is -0.497 e. The lowest BCUT2D eigenvalue weighted by Gasteiger charge is -2.31. The molecule has 1 aliphatic rings. The fourth-order valence-corrected chi connectivity index (χ4v) is 3.23. The molecule has 0 aliphatic carbocycles. The number of carbonyl (C=O) groups excluding carboxylic acids is 2. The van der Waals surface area contributed by atoms with Crippen molar-refractivity contribution >= 4 is 17.5 Å². The topological polar surface area (TPSA) is 58.6 Å². The number of likely N-dealkylation sites (tertiary alicyclic amines) is 1. The van der Waals surface area contributed by atoms with E-state index in [9.17, 15) is 9.59 Å². The summed E-state index contributed by atoms with van der Waals surface area (Å²) in [6.07, 6.45) is 2.19. The van der Waals surface area contributed by atoms with Gasteiger partial charge in [-0.25, -0.2) is 0 Å². The molecule has 0 spiro atoms. The smallest absolute Gasteiger partial charge is 0.255 e. The van der Waals surface area contributed by atoms with Gasteiger partial charge in [0.05, 0.1) is 7.11 Å². The van der Waals surface area contributed by atoms with E-state index in [2.05, 4.69) is 12.2 Å². The van der Waals surface area contributed by atoms with Crippen LogP contribution in [0.25, 0.3) is 0 Å². The van der Waals surface area contributed by atoms with Gasteiger partial charge in [0, 0.05) is 29.9 Å². The van der Waals surface area contributed by atoms with E-state index in [0.29, 0.717) is 22.7 Å². The van der Waals surface area contributed by atoms with E-state index >= 15 is 0 Å². The summed E-state index contributed by atoms with van der Waals surface area (Å²) in [5, 5.41) is 2.84. The van der Waals surface area contributed by atoms with Crippen molar-refractivity contribution < 1.29 is 14.3 Å². The Morgan fingerprint density at radius 2 is 1.85 bits per heavy atom. The number of benzene rings is 2. The Hall–Kier alpha value is -2.82. The van der Waals surface area contributed by atoms with Gasteiger partial charge in [0.15, 0.2) is 0 Å². The van der Waals surface area contributed by atoms with Crippen molar-refractivity contribution in [3.05, 3.63) is 59.7 Å². The molecule has 0 radical (unpaired) electrons. The highest BCUT2D eigenvalue weighted by molar-refractivity contribution is 6.06. The Bertz CT molecular complexity index is 786. The number of amides is 2. The Kier molecular flexibility index (Phi) is 5.56. The van der Waals surface area contributed by atoms with E-state index in [0.717, 1.165) is 31.7 Å². The summed E-state index contributed by atoms with van der Waals surface area (Å²) in [5.41, 5.74) is 1.70. The number of methoxy groups -OCH3 is 1. The second-order valence-corrected chi connectivity index (χ2v) is 6.76. The van der Waals surface area contributed by atoms with E-state index < -0.39 is 0 Å². The van der Waals surface area contributed by atoms with E-state index in [-0.39, 0.29) is 11.8 Å². The first-order valence-corrected chi connectivity index (χ1v) is 8.91. The molecule has 1 unspecified atom stereocenters. The van der Waals surface area contributed by atoms with Crippen molar-refractivity contribution in [1.82, 2.24) is 4.90 Å². The van der Waals surface area contributed by atoms with Gasteiger partial charge in [-0.2, -0.15) is 0 Å². The van der Waals surface area contributed by atoms with Crippen LogP contribution in [-0.4, -0.2) is 36.9 Å². The molecule has 1 heterocycles.